The summed E-state index contributed by atoms with van der Waals surface area (Å²) in [5, 5.41) is 5.79. The van der Waals surface area contributed by atoms with Crippen LogP contribution < -0.4 is 9.47 Å². The molecule has 1 aliphatic rings. The smallest absolute Gasteiger partial charge is 0.339 e. The van der Waals surface area contributed by atoms with Crippen molar-refractivity contribution in [3.05, 3.63) is 82.6 Å². The van der Waals surface area contributed by atoms with Crippen LogP contribution in [0.4, 0.5) is 0 Å². The third kappa shape index (κ3) is 3.97. The molecule has 0 radical (unpaired) electrons. The SMILES string of the molecule is O=C(OCc1nc(-c2cccs2)no1)c1ccccc1C(=O)c1ccc2c(c1)OCCO2. The van der Waals surface area contributed by atoms with E-state index in [1.165, 1.54) is 11.3 Å². The predicted octanol–water partition coefficient (Wildman–Crippen LogP) is 4.16. The lowest BCUT2D eigenvalue weighted by molar-refractivity contribution is 0.0427. The Kier molecular flexibility index (Phi) is 5.39. The van der Waals surface area contributed by atoms with E-state index in [1.54, 1.807) is 42.5 Å². The number of ether oxygens (including phenoxy) is 3. The number of hydrogen-bond acceptors (Lipinski definition) is 9. The fourth-order valence-electron chi connectivity index (χ4n) is 3.22. The fraction of sp³-hybridized carbons (Fsp3) is 0.130. The molecule has 32 heavy (non-hydrogen) atoms. The Morgan fingerprint density at radius 2 is 1.78 bits per heavy atom. The van der Waals surface area contributed by atoms with Crippen molar-refractivity contribution in [2.24, 2.45) is 0 Å². The van der Waals surface area contributed by atoms with Gasteiger partial charge < -0.3 is 18.7 Å². The van der Waals surface area contributed by atoms with Crippen molar-refractivity contribution in [2.75, 3.05) is 13.2 Å². The number of hydrogen-bond donors (Lipinski definition) is 0. The van der Waals surface area contributed by atoms with Gasteiger partial charge in [0.2, 0.25) is 5.82 Å². The van der Waals surface area contributed by atoms with Gasteiger partial charge in [-0.05, 0) is 35.7 Å². The van der Waals surface area contributed by atoms with Crippen molar-refractivity contribution in [1.82, 2.24) is 10.1 Å². The van der Waals surface area contributed by atoms with E-state index >= 15 is 0 Å². The topological polar surface area (TPSA) is 101 Å². The Balaban J connectivity index is 1.33. The quantitative estimate of drug-likeness (QED) is 0.320. The Morgan fingerprint density at radius 3 is 2.59 bits per heavy atom. The van der Waals surface area contributed by atoms with Crippen LogP contribution in [0.15, 0.2) is 64.5 Å². The highest BCUT2D eigenvalue weighted by Crippen LogP contribution is 2.32. The van der Waals surface area contributed by atoms with Crippen LogP contribution in [0, 0.1) is 0 Å². The first-order chi connectivity index (χ1) is 15.7. The Bertz CT molecular complexity index is 1280. The zero-order chi connectivity index (χ0) is 21.9. The van der Waals surface area contributed by atoms with Gasteiger partial charge in [-0.3, -0.25) is 4.79 Å². The standard InChI is InChI=1S/C23H16N2O6S/c26-21(14-7-8-17-18(12-14)29-10-9-28-17)15-4-1-2-5-16(15)23(27)30-13-20-24-22(25-31-20)19-6-3-11-32-19/h1-8,11-12H,9-10,13H2. The van der Waals surface area contributed by atoms with Crippen LogP contribution >= 0.6 is 11.3 Å². The summed E-state index contributed by atoms with van der Waals surface area (Å²) >= 11 is 1.48. The van der Waals surface area contributed by atoms with Crippen LogP contribution in [0.5, 0.6) is 11.5 Å². The molecule has 5 rings (SSSR count). The third-order valence-corrected chi connectivity index (χ3v) is 5.60. The summed E-state index contributed by atoms with van der Waals surface area (Å²) in [5.41, 5.74) is 0.747. The summed E-state index contributed by atoms with van der Waals surface area (Å²) in [5.74, 6) is 0.689. The molecule has 0 atom stereocenters. The Labute approximate surface area is 186 Å². The molecule has 0 amide bonds. The average Bonchev–Trinajstić information content (AvgIpc) is 3.54. The number of thiophene rings is 1. The summed E-state index contributed by atoms with van der Waals surface area (Å²) < 4.78 is 21.5. The maximum absolute atomic E-state index is 13.1. The highest BCUT2D eigenvalue weighted by atomic mass is 32.1. The number of fused-ring (bicyclic) bond motifs is 1. The number of benzene rings is 2. The summed E-state index contributed by atoms with van der Waals surface area (Å²) in [4.78, 5) is 30.9. The molecule has 3 heterocycles. The van der Waals surface area contributed by atoms with Gasteiger partial charge in [-0.15, -0.1) is 11.3 Å². The van der Waals surface area contributed by atoms with Gasteiger partial charge in [0, 0.05) is 11.1 Å². The van der Waals surface area contributed by atoms with E-state index in [0.29, 0.717) is 36.1 Å². The van der Waals surface area contributed by atoms with Crippen LogP contribution in [-0.2, 0) is 11.3 Å². The van der Waals surface area contributed by atoms with Crippen LogP contribution in [0.25, 0.3) is 10.7 Å². The molecule has 4 aromatic rings. The second-order valence-electron chi connectivity index (χ2n) is 6.80. The van der Waals surface area contributed by atoms with Crippen molar-refractivity contribution < 1.29 is 28.3 Å². The summed E-state index contributed by atoms with van der Waals surface area (Å²) in [6.07, 6.45) is 0. The molecule has 0 aliphatic carbocycles. The van der Waals surface area contributed by atoms with E-state index in [2.05, 4.69) is 10.1 Å². The van der Waals surface area contributed by atoms with Gasteiger partial charge in [0.25, 0.3) is 5.89 Å². The maximum Gasteiger partial charge on any atom is 0.339 e. The van der Waals surface area contributed by atoms with Gasteiger partial charge in [-0.2, -0.15) is 4.98 Å². The van der Waals surface area contributed by atoms with Crippen LogP contribution in [-0.4, -0.2) is 35.1 Å². The molecular weight excluding hydrogens is 432 g/mol. The molecule has 0 fully saturated rings. The van der Waals surface area contributed by atoms with E-state index in [9.17, 15) is 9.59 Å². The van der Waals surface area contributed by atoms with Gasteiger partial charge in [0.15, 0.2) is 23.9 Å². The molecule has 0 saturated heterocycles. The minimum Gasteiger partial charge on any atom is -0.486 e. The highest BCUT2D eigenvalue weighted by Gasteiger charge is 2.22. The van der Waals surface area contributed by atoms with E-state index in [0.717, 1.165) is 4.88 Å². The second kappa shape index (κ2) is 8.64. The third-order valence-electron chi connectivity index (χ3n) is 4.73. The number of rotatable bonds is 6. The first kappa shape index (κ1) is 20.0. The normalized spacial score (nSPS) is 12.4. The van der Waals surface area contributed by atoms with Crippen molar-refractivity contribution in [3.8, 4) is 22.2 Å². The van der Waals surface area contributed by atoms with Crippen molar-refractivity contribution in [1.29, 1.82) is 0 Å². The minimum absolute atomic E-state index is 0.144. The van der Waals surface area contributed by atoms with Crippen LogP contribution in [0.3, 0.4) is 0 Å². The first-order valence-corrected chi connectivity index (χ1v) is 10.6. The number of carbonyl (C=O) groups excluding carboxylic acids is 2. The Hall–Kier alpha value is -3.98. The monoisotopic (exact) mass is 448 g/mol. The highest BCUT2D eigenvalue weighted by molar-refractivity contribution is 7.13. The van der Waals surface area contributed by atoms with E-state index < -0.39 is 5.97 Å². The number of aromatic nitrogens is 2. The number of ketones is 1. The molecular formula is C23H16N2O6S. The lowest BCUT2D eigenvalue weighted by atomic mass is 9.98. The van der Waals surface area contributed by atoms with Gasteiger partial charge in [0.05, 0.1) is 10.4 Å². The van der Waals surface area contributed by atoms with E-state index in [-0.39, 0.29) is 29.4 Å². The van der Waals surface area contributed by atoms with Gasteiger partial charge in [-0.25, -0.2) is 4.79 Å². The molecule has 0 saturated carbocycles. The van der Waals surface area contributed by atoms with E-state index in [4.69, 9.17) is 18.7 Å². The molecule has 2 aromatic carbocycles. The molecule has 0 spiro atoms. The maximum atomic E-state index is 13.1. The summed E-state index contributed by atoms with van der Waals surface area (Å²) in [6.45, 7) is 0.672. The number of carbonyl (C=O) groups is 2. The van der Waals surface area contributed by atoms with Crippen LogP contribution in [0.1, 0.15) is 32.2 Å². The summed E-state index contributed by atoms with van der Waals surface area (Å²) in [7, 11) is 0. The van der Waals surface area contributed by atoms with E-state index in [1.807, 2.05) is 17.5 Å². The molecule has 1 aliphatic heterocycles. The number of esters is 1. The second-order valence-corrected chi connectivity index (χ2v) is 7.75. The molecule has 0 unspecified atom stereocenters. The largest absolute Gasteiger partial charge is 0.486 e. The Morgan fingerprint density at radius 1 is 0.969 bits per heavy atom. The van der Waals surface area contributed by atoms with Crippen molar-refractivity contribution in [2.45, 2.75) is 6.61 Å². The molecule has 160 valence electrons. The molecule has 8 nitrogen and oxygen atoms in total. The molecule has 0 bridgehead atoms. The lowest BCUT2D eigenvalue weighted by Crippen LogP contribution is -2.16. The molecule has 0 N–H and O–H groups in total. The zero-order valence-electron chi connectivity index (χ0n) is 16.6. The zero-order valence-corrected chi connectivity index (χ0v) is 17.5. The van der Waals surface area contributed by atoms with Gasteiger partial charge >= 0.3 is 5.97 Å². The fourth-order valence-corrected chi connectivity index (χ4v) is 3.87. The summed E-state index contributed by atoms with van der Waals surface area (Å²) in [6, 6.07) is 15.2. The first-order valence-electron chi connectivity index (χ1n) is 9.76. The van der Waals surface area contributed by atoms with Crippen molar-refractivity contribution >= 4 is 23.1 Å². The van der Waals surface area contributed by atoms with Crippen molar-refractivity contribution in [3.63, 3.8) is 0 Å². The van der Waals surface area contributed by atoms with Crippen LogP contribution in [0.2, 0.25) is 0 Å². The minimum atomic E-state index is -0.664. The average molecular weight is 448 g/mol. The molecule has 2 aromatic heterocycles. The van der Waals surface area contributed by atoms with Gasteiger partial charge in [-0.1, -0.05) is 29.4 Å². The lowest BCUT2D eigenvalue weighted by Gasteiger charge is -2.18. The van der Waals surface area contributed by atoms with Gasteiger partial charge in [0.1, 0.15) is 13.2 Å². The predicted molar refractivity (Wildman–Crippen MR) is 114 cm³/mol. The number of nitrogens with zero attached hydrogens (tertiary/aromatic N) is 2. The molecule has 9 heteroatoms.